The molecule has 7 heteroatoms. The molecule has 0 aliphatic heterocycles. The number of carbonyl (C=O) groups is 2. The number of likely N-dealkylation sites (N-methyl/N-ethyl adjacent to an activating group) is 1. The van der Waals surface area contributed by atoms with Gasteiger partial charge in [-0.05, 0) is 55.3 Å². The first-order valence-electron chi connectivity index (χ1n) is 8.60. The maximum absolute atomic E-state index is 12.3. The molecule has 1 unspecified atom stereocenters. The van der Waals surface area contributed by atoms with Gasteiger partial charge in [-0.2, -0.15) is 0 Å². The molecule has 2 aromatic carbocycles. The molecular formula is C20H25ClN3O3+. The van der Waals surface area contributed by atoms with Crippen molar-refractivity contribution in [1.29, 1.82) is 0 Å². The summed E-state index contributed by atoms with van der Waals surface area (Å²) in [5, 5.41) is 6.15. The number of carbonyl (C=O) groups excluding carboxylic acids is 2. The third kappa shape index (κ3) is 6.27. The van der Waals surface area contributed by atoms with E-state index in [1.54, 1.807) is 38.4 Å². The Morgan fingerprint density at radius 3 is 2.19 bits per heavy atom. The van der Waals surface area contributed by atoms with Crippen LogP contribution in [0.4, 0.5) is 11.4 Å². The highest BCUT2D eigenvalue weighted by Gasteiger charge is 2.16. The van der Waals surface area contributed by atoms with Gasteiger partial charge in [0.25, 0.3) is 11.8 Å². The summed E-state index contributed by atoms with van der Waals surface area (Å²) in [4.78, 5) is 25.2. The molecular weight excluding hydrogens is 366 g/mol. The van der Waals surface area contributed by atoms with Crippen LogP contribution >= 0.6 is 11.6 Å². The van der Waals surface area contributed by atoms with Crippen LogP contribution in [0.2, 0.25) is 5.02 Å². The number of ether oxygens (including phenoxy) is 1. The van der Waals surface area contributed by atoms with Crippen molar-refractivity contribution < 1.29 is 19.2 Å². The molecule has 2 rings (SSSR count). The molecule has 0 spiro atoms. The predicted octanol–water partition coefficient (Wildman–Crippen LogP) is 2.06. The Bertz CT molecular complexity index is 799. The monoisotopic (exact) mass is 390 g/mol. The molecule has 0 aliphatic carbocycles. The number of rotatable bonds is 7. The van der Waals surface area contributed by atoms with E-state index in [1.165, 1.54) is 0 Å². The summed E-state index contributed by atoms with van der Waals surface area (Å²) in [5.74, 6) is 0.353. The lowest BCUT2D eigenvalue weighted by Crippen LogP contribution is -3.11. The van der Waals surface area contributed by atoms with Crippen LogP contribution in [0.25, 0.3) is 0 Å². The lowest BCUT2D eigenvalue weighted by atomic mass is 10.1. The highest BCUT2D eigenvalue weighted by atomic mass is 35.5. The zero-order chi connectivity index (χ0) is 20.0. The number of halogens is 1. The molecule has 27 heavy (non-hydrogen) atoms. The van der Waals surface area contributed by atoms with E-state index in [1.807, 2.05) is 26.0 Å². The fourth-order valence-corrected chi connectivity index (χ4v) is 3.12. The van der Waals surface area contributed by atoms with E-state index in [0.29, 0.717) is 16.4 Å². The maximum atomic E-state index is 12.3. The van der Waals surface area contributed by atoms with Crippen LogP contribution in [0.15, 0.2) is 36.4 Å². The molecule has 2 aromatic rings. The number of anilines is 2. The van der Waals surface area contributed by atoms with Crippen molar-refractivity contribution >= 4 is 34.8 Å². The normalized spacial score (nSPS) is 11.6. The summed E-state index contributed by atoms with van der Waals surface area (Å²) in [6.07, 6.45) is 0. The molecule has 0 saturated heterocycles. The third-order valence-electron chi connectivity index (χ3n) is 3.99. The first kappa shape index (κ1) is 20.7. The largest absolute Gasteiger partial charge is 0.497 e. The second-order valence-corrected chi connectivity index (χ2v) is 6.98. The summed E-state index contributed by atoms with van der Waals surface area (Å²) in [6, 6.07) is 10.8. The van der Waals surface area contributed by atoms with Gasteiger partial charge in [0.2, 0.25) is 0 Å². The van der Waals surface area contributed by atoms with Gasteiger partial charge in [0, 0.05) is 5.69 Å². The second kappa shape index (κ2) is 9.39. The molecule has 0 heterocycles. The molecule has 6 nitrogen and oxygen atoms in total. The standard InChI is InChI=1S/C20H24ClN3O3/c1-13-9-14(2)20(17(21)10-13)23-19(26)12-24(3)11-18(25)22-15-5-7-16(27-4)8-6-15/h5-10H,11-12H2,1-4H3,(H,22,25)(H,23,26)/p+1. The highest BCUT2D eigenvalue weighted by molar-refractivity contribution is 6.34. The molecule has 0 bridgehead atoms. The van der Waals surface area contributed by atoms with Gasteiger partial charge in [-0.15, -0.1) is 0 Å². The van der Waals surface area contributed by atoms with Crippen molar-refractivity contribution in [3.05, 3.63) is 52.5 Å². The van der Waals surface area contributed by atoms with Gasteiger partial charge in [-0.3, -0.25) is 9.59 Å². The van der Waals surface area contributed by atoms with Crippen molar-refractivity contribution in [2.75, 3.05) is 37.9 Å². The first-order valence-corrected chi connectivity index (χ1v) is 8.98. The van der Waals surface area contributed by atoms with Gasteiger partial charge in [0.1, 0.15) is 5.75 Å². The topological polar surface area (TPSA) is 71.9 Å². The van der Waals surface area contributed by atoms with E-state index < -0.39 is 0 Å². The predicted molar refractivity (Wildman–Crippen MR) is 108 cm³/mol. The highest BCUT2D eigenvalue weighted by Crippen LogP contribution is 2.27. The molecule has 0 saturated carbocycles. The molecule has 144 valence electrons. The average Bonchev–Trinajstić information content (AvgIpc) is 2.58. The second-order valence-electron chi connectivity index (χ2n) is 6.57. The number of methoxy groups -OCH3 is 1. The Balaban J connectivity index is 1.86. The van der Waals surface area contributed by atoms with Gasteiger partial charge >= 0.3 is 0 Å². The molecule has 1 atom stereocenters. The fraction of sp³-hybridized carbons (Fsp3) is 0.300. The number of nitrogens with one attached hydrogen (secondary N) is 3. The van der Waals surface area contributed by atoms with Crippen molar-refractivity contribution in [1.82, 2.24) is 0 Å². The Kier molecular flexibility index (Phi) is 7.21. The molecule has 0 aromatic heterocycles. The number of hydrogen-bond donors (Lipinski definition) is 3. The lowest BCUT2D eigenvalue weighted by Gasteiger charge is -2.15. The minimum Gasteiger partial charge on any atom is -0.497 e. The zero-order valence-corrected chi connectivity index (χ0v) is 16.7. The minimum atomic E-state index is -0.196. The molecule has 0 fully saturated rings. The van der Waals surface area contributed by atoms with Gasteiger partial charge in [-0.1, -0.05) is 17.7 Å². The lowest BCUT2D eigenvalue weighted by molar-refractivity contribution is -0.862. The maximum Gasteiger partial charge on any atom is 0.279 e. The van der Waals surface area contributed by atoms with Crippen LogP contribution in [0.3, 0.4) is 0 Å². The zero-order valence-electron chi connectivity index (χ0n) is 16.0. The first-order chi connectivity index (χ1) is 12.8. The van der Waals surface area contributed by atoms with E-state index >= 15 is 0 Å². The summed E-state index contributed by atoms with van der Waals surface area (Å²) in [6.45, 7) is 4.16. The van der Waals surface area contributed by atoms with Gasteiger partial charge in [-0.25, -0.2) is 0 Å². The van der Waals surface area contributed by atoms with Gasteiger partial charge in [0.15, 0.2) is 13.1 Å². The Hall–Kier alpha value is -2.57. The van der Waals surface area contributed by atoms with E-state index in [9.17, 15) is 9.59 Å². The molecule has 0 radical (unpaired) electrons. The van der Waals surface area contributed by atoms with Crippen LogP contribution in [-0.4, -0.2) is 39.1 Å². The Morgan fingerprint density at radius 2 is 1.63 bits per heavy atom. The quantitative estimate of drug-likeness (QED) is 0.677. The number of amides is 2. The van der Waals surface area contributed by atoms with Crippen LogP contribution in [-0.2, 0) is 9.59 Å². The molecule has 0 aliphatic rings. The van der Waals surface area contributed by atoms with Crippen LogP contribution in [0.1, 0.15) is 11.1 Å². The smallest absolute Gasteiger partial charge is 0.279 e. The van der Waals surface area contributed by atoms with Crippen molar-refractivity contribution in [3.63, 3.8) is 0 Å². The molecule has 3 N–H and O–H groups in total. The van der Waals surface area contributed by atoms with Crippen LogP contribution in [0, 0.1) is 13.8 Å². The van der Waals surface area contributed by atoms with Crippen molar-refractivity contribution in [2.24, 2.45) is 0 Å². The SMILES string of the molecule is COc1ccc(NC(=O)C[NH+](C)CC(=O)Nc2c(C)cc(C)cc2Cl)cc1. The number of hydrogen-bond acceptors (Lipinski definition) is 3. The average molecular weight is 391 g/mol. The van der Waals surface area contributed by atoms with Crippen molar-refractivity contribution in [3.8, 4) is 5.75 Å². The van der Waals surface area contributed by atoms with E-state index in [-0.39, 0.29) is 24.9 Å². The summed E-state index contributed by atoms with van der Waals surface area (Å²) < 4.78 is 5.08. The third-order valence-corrected chi connectivity index (χ3v) is 4.29. The molecule has 2 amide bonds. The van der Waals surface area contributed by atoms with E-state index in [0.717, 1.165) is 21.8 Å². The summed E-state index contributed by atoms with van der Waals surface area (Å²) in [7, 11) is 3.37. The summed E-state index contributed by atoms with van der Waals surface area (Å²) in [5.41, 5.74) is 3.24. The van der Waals surface area contributed by atoms with Gasteiger partial charge in [0.05, 0.1) is 24.9 Å². The van der Waals surface area contributed by atoms with Crippen LogP contribution < -0.4 is 20.3 Å². The van der Waals surface area contributed by atoms with Gasteiger partial charge < -0.3 is 20.3 Å². The number of benzene rings is 2. The Morgan fingerprint density at radius 1 is 1.04 bits per heavy atom. The van der Waals surface area contributed by atoms with E-state index in [2.05, 4.69) is 10.6 Å². The fourth-order valence-electron chi connectivity index (χ4n) is 2.75. The Labute approximate surface area is 164 Å². The minimum absolute atomic E-state index is 0.152. The van der Waals surface area contributed by atoms with E-state index in [4.69, 9.17) is 16.3 Å². The number of aryl methyl sites for hydroxylation is 2. The summed E-state index contributed by atoms with van der Waals surface area (Å²) >= 11 is 6.22. The van der Waals surface area contributed by atoms with Crippen LogP contribution in [0.5, 0.6) is 5.75 Å². The number of quaternary nitrogens is 1. The van der Waals surface area contributed by atoms with Crippen molar-refractivity contribution in [2.45, 2.75) is 13.8 Å².